The van der Waals surface area contributed by atoms with Crippen LogP contribution in [0.2, 0.25) is 0 Å². The normalized spacial score (nSPS) is 30.3. The lowest BCUT2D eigenvalue weighted by Crippen LogP contribution is -2.45. The third-order valence-corrected chi connectivity index (χ3v) is 3.78. The first kappa shape index (κ1) is 10.3. The fourth-order valence-corrected chi connectivity index (χ4v) is 2.82. The van der Waals surface area contributed by atoms with Crippen LogP contribution in [0.5, 0.6) is 0 Å². The summed E-state index contributed by atoms with van der Waals surface area (Å²) in [6.45, 7) is 3.71. The van der Waals surface area contributed by atoms with Crippen molar-refractivity contribution < 1.29 is 5.11 Å². The number of nitrogens with one attached hydrogen (secondary N) is 1. The Hall–Kier alpha value is -0.900. The highest BCUT2D eigenvalue weighted by Crippen LogP contribution is 2.22. The smallest absolute Gasteiger partial charge is 0.0831 e. The van der Waals surface area contributed by atoms with Gasteiger partial charge in [-0.2, -0.15) is 0 Å². The van der Waals surface area contributed by atoms with E-state index in [1.54, 1.807) is 0 Å². The van der Waals surface area contributed by atoms with Crippen molar-refractivity contribution in [3.63, 3.8) is 0 Å². The van der Waals surface area contributed by atoms with Gasteiger partial charge in [0.25, 0.3) is 0 Å². The number of hydrogen-bond donors (Lipinski definition) is 2. The molecule has 16 heavy (non-hydrogen) atoms. The summed E-state index contributed by atoms with van der Waals surface area (Å²) in [7, 11) is 0. The molecule has 2 atom stereocenters. The molecule has 3 heteroatoms. The van der Waals surface area contributed by atoms with E-state index in [0.29, 0.717) is 6.04 Å². The second-order valence-electron chi connectivity index (χ2n) is 4.78. The molecule has 1 fully saturated rings. The molecule has 0 radical (unpaired) electrons. The SMILES string of the molecule is O[C@H]1CNC[C@H]1N1CCc2ccccc2C1. The van der Waals surface area contributed by atoms with E-state index in [2.05, 4.69) is 34.5 Å². The van der Waals surface area contributed by atoms with Gasteiger partial charge in [-0.1, -0.05) is 24.3 Å². The molecule has 86 valence electrons. The van der Waals surface area contributed by atoms with Gasteiger partial charge in [-0.05, 0) is 17.5 Å². The van der Waals surface area contributed by atoms with E-state index in [9.17, 15) is 5.11 Å². The quantitative estimate of drug-likeness (QED) is 0.715. The Balaban J connectivity index is 1.77. The van der Waals surface area contributed by atoms with Crippen LogP contribution in [-0.4, -0.2) is 41.8 Å². The third-order valence-electron chi connectivity index (χ3n) is 3.78. The van der Waals surface area contributed by atoms with Gasteiger partial charge in [0.2, 0.25) is 0 Å². The van der Waals surface area contributed by atoms with Gasteiger partial charge in [0, 0.05) is 32.2 Å². The summed E-state index contributed by atoms with van der Waals surface area (Å²) in [5, 5.41) is 13.1. The predicted octanol–water partition coefficient (Wildman–Crippen LogP) is 0.377. The molecule has 0 bridgehead atoms. The molecule has 1 saturated heterocycles. The molecule has 0 unspecified atom stereocenters. The molecule has 2 aliphatic heterocycles. The number of benzene rings is 1. The Morgan fingerprint density at radius 2 is 2.00 bits per heavy atom. The lowest BCUT2D eigenvalue weighted by atomic mass is 9.98. The first-order valence-electron chi connectivity index (χ1n) is 6.04. The van der Waals surface area contributed by atoms with E-state index in [4.69, 9.17) is 0 Å². The minimum Gasteiger partial charge on any atom is -0.390 e. The number of aliphatic hydroxyl groups is 1. The summed E-state index contributed by atoms with van der Waals surface area (Å²) in [6, 6.07) is 8.94. The number of nitrogens with zero attached hydrogens (tertiary/aromatic N) is 1. The van der Waals surface area contributed by atoms with Crippen molar-refractivity contribution in [1.29, 1.82) is 0 Å². The molecular formula is C13H18N2O. The van der Waals surface area contributed by atoms with Gasteiger partial charge in [0.15, 0.2) is 0 Å². The van der Waals surface area contributed by atoms with Crippen molar-refractivity contribution in [3.05, 3.63) is 35.4 Å². The number of β-amino-alcohol motifs (C(OH)–C–C–N with tert-alkyl or cyclic N) is 1. The van der Waals surface area contributed by atoms with Gasteiger partial charge in [-0.25, -0.2) is 0 Å². The standard InChI is InChI=1S/C13H18N2O/c16-13-8-14-7-12(13)15-6-5-10-3-1-2-4-11(10)9-15/h1-4,12-14,16H,5-9H2/t12-,13+/m1/s1. The van der Waals surface area contributed by atoms with Gasteiger partial charge in [0.1, 0.15) is 0 Å². The summed E-state index contributed by atoms with van der Waals surface area (Å²) in [5.41, 5.74) is 2.90. The van der Waals surface area contributed by atoms with Crippen LogP contribution < -0.4 is 5.32 Å². The zero-order valence-corrected chi connectivity index (χ0v) is 9.39. The lowest BCUT2D eigenvalue weighted by molar-refractivity contribution is 0.0747. The fraction of sp³-hybridized carbons (Fsp3) is 0.538. The summed E-state index contributed by atoms with van der Waals surface area (Å²) in [5.74, 6) is 0. The average molecular weight is 218 g/mol. The Kier molecular flexibility index (Phi) is 2.67. The number of aliphatic hydroxyl groups excluding tert-OH is 1. The molecule has 2 aliphatic rings. The Bertz CT molecular complexity index is 380. The first-order valence-corrected chi connectivity index (χ1v) is 6.04. The third kappa shape index (κ3) is 1.75. The highest BCUT2D eigenvalue weighted by atomic mass is 16.3. The van der Waals surface area contributed by atoms with Crippen molar-refractivity contribution in [2.75, 3.05) is 19.6 Å². The van der Waals surface area contributed by atoms with Gasteiger partial charge >= 0.3 is 0 Å². The Morgan fingerprint density at radius 1 is 1.19 bits per heavy atom. The molecule has 0 spiro atoms. The Labute approximate surface area is 96.1 Å². The predicted molar refractivity (Wildman–Crippen MR) is 63.2 cm³/mol. The minimum absolute atomic E-state index is 0.203. The van der Waals surface area contributed by atoms with Crippen molar-refractivity contribution in [1.82, 2.24) is 10.2 Å². The number of fused-ring (bicyclic) bond motifs is 1. The highest BCUT2D eigenvalue weighted by molar-refractivity contribution is 5.29. The van der Waals surface area contributed by atoms with E-state index in [1.165, 1.54) is 11.1 Å². The van der Waals surface area contributed by atoms with Crippen molar-refractivity contribution >= 4 is 0 Å². The number of rotatable bonds is 1. The Morgan fingerprint density at radius 3 is 2.75 bits per heavy atom. The van der Waals surface area contributed by atoms with E-state index in [-0.39, 0.29) is 6.10 Å². The topological polar surface area (TPSA) is 35.5 Å². The molecule has 0 amide bonds. The van der Waals surface area contributed by atoms with Crippen LogP contribution >= 0.6 is 0 Å². The minimum atomic E-state index is -0.203. The molecule has 2 heterocycles. The molecule has 3 nitrogen and oxygen atoms in total. The number of hydrogen-bond acceptors (Lipinski definition) is 3. The van der Waals surface area contributed by atoms with Crippen LogP contribution in [0, 0.1) is 0 Å². The molecule has 1 aromatic rings. The van der Waals surface area contributed by atoms with Crippen LogP contribution in [0.15, 0.2) is 24.3 Å². The summed E-state index contributed by atoms with van der Waals surface area (Å²) >= 11 is 0. The van der Waals surface area contributed by atoms with E-state index in [0.717, 1.165) is 32.6 Å². The maximum atomic E-state index is 9.89. The van der Waals surface area contributed by atoms with E-state index < -0.39 is 0 Å². The largest absolute Gasteiger partial charge is 0.390 e. The van der Waals surface area contributed by atoms with Gasteiger partial charge in [0.05, 0.1) is 6.10 Å². The van der Waals surface area contributed by atoms with Crippen LogP contribution in [0.4, 0.5) is 0 Å². The van der Waals surface area contributed by atoms with Gasteiger partial charge in [-0.3, -0.25) is 4.90 Å². The zero-order valence-electron chi connectivity index (χ0n) is 9.39. The molecule has 3 rings (SSSR count). The van der Waals surface area contributed by atoms with E-state index in [1.807, 2.05) is 0 Å². The van der Waals surface area contributed by atoms with Crippen molar-refractivity contribution in [2.45, 2.75) is 25.1 Å². The monoisotopic (exact) mass is 218 g/mol. The first-order chi connectivity index (χ1) is 7.84. The van der Waals surface area contributed by atoms with Gasteiger partial charge in [-0.15, -0.1) is 0 Å². The second-order valence-corrected chi connectivity index (χ2v) is 4.78. The van der Waals surface area contributed by atoms with E-state index >= 15 is 0 Å². The molecule has 0 saturated carbocycles. The zero-order chi connectivity index (χ0) is 11.0. The van der Waals surface area contributed by atoms with Crippen LogP contribution in [0.1, 0.15) is 11.1 Å². The molecule has 0 aliphatic carbocycles. The van der Waals surface area contributed by atoms with Crippen molar-refractivity contribution in [3.8, 4) is 0 Å². The maximum Gasteiger partial charge on any atom is 0.0831 e. The van der Waals surface area contributed by atoms with Crippen LogP contribution in [-0.2, 0) is 13.0 Å². The molecule has 1 aromatic carbocycles. The summed E-state index contributed by atoms with van der Waals surface area (Å²) in [6.07, 6.45) is 0.907. The van der Waals surface area contributed by atoms with Crippen LogP contribution in [0.3, 0.4) is 0 Å². The van der Waals surface area contributed by atoms with Crippen LogP contribution in [0.25, 0.3) is 0 Å². The lowest BCUT2D eigenvalue weighted by Gasteiger charge is -2.34. The van der Waals surface area contributed by atoms with Crippen molar-refractivity contribution in [2.24, 2.45) is 0 Å². The maximum absolute atomic E-state index is 9.89. The molecule has 2 N–H and O–H groups in total. The second kappa shape index (κ2) is 4.17. The molecule has 0 aromatic heterocycles. The fourth-order valence-electron chi connectivity index (χ4n) is 2.82. The summed E-state index contributed by atoms with van der Waals surface area (Å²) in [4.78, 5) is 2.41. The molecular weight excluding hydrogens is 200 g/mol. The highest BCUT2D eigenvalue weighted by Gasteiger charge is 2.32. The summed E-state index contributed by atoms with van der Waals surface area (Å²) < 4.78 is 0. The van der Waals surface area contributed by atoms with Gasteiger partial charge < -0.3 is 10.4 Å². The average Bonchev–Trinajstić information content (AvgIpc) is 2.75.